The van der Waals surface area contributed by atoms with E-state index in [0.717, 1.165) is 17.1 Å². The molecule has 0 bridgehead atoms. The highest BCUT2D eigenvalue weighted by molar-refractivity contribution is 5.28. The number of hydrogen-bond acceptors (Lipinski definition) is 5. The Bertz CT molecular complexity index is 544. The number of hydrogen-bond donors (Lipinski definition) is 1. The summed E-state index contributed by atoms with van der Waals surface area (Å²) in [5.41, 5.74) is 6.88. The van der Waals surface area contributed by atoms with Crippen LogP contribution in [0.4, 0.5) is 0 Å². The molecule has 1 aromatic carbocycles. The molecular weight excluding hydrogens is 242 g/mol. The molecule has 1 atom stereocenters. The summed E-state index contributed by atoms with van der Waals surface area (Å²) >= 11 is 0. The number of nitrogens with zero attached hydrogens (tertiary/aromatic N) is 2. The summed E-state index contributed by atoms with van der Waals surface area (Å²) in [6.45, 7) is 2.25. The molecule has 2 N–H and O–H groups in total. The van der Waals surface area contributed by atoms with Crippen molar-refractivity contribution in [3.05, 3.63) is 41.5 Å². The highest BCUT2D eigenvalue weighted by Crippen LogP contribution is 2.38. The van der Waals surface area contributed by atoms with E-state index >= 15 is 0 Å². The molecule has 1 aliphatic rings. The van der Waals surface area contributed by atoms with Crippen LogP contribution in [0.25, 0.3) is 0 Å². The first-order valence-electron chi connectivity index (χ1n) is 6.53. The van der Waals surface area contributed by atoms with Crippen molar-refractivity contribution in [3.63, 3.8) is 0 Å². The van der Waals surface area contributed by atoms with E-state index in [-0.39, 0.29) is 6.04 Å². The molecule has 0 radical (unpaired) electrons. The molecule has 2 aromatic rings. The predicted octanol–water partition coefficient (Wildman–Crippen LogP) is 2.55. The number of rotatable bonds is 5. The quantitative estimate of drug-likeness (QED) is 0.893. The average molecular weight is 259 g/mol. The maximum atomic E-state index is 5.79. The van der Waals surface area contributed by atoms with Crippen molar-refractivity contribution in [2.24, 2.45) is 5.73 Å². The van der Waals surface area contributed by atoms with Crippen LogP contribution in [-0.2, 0) is 6.61 Å². The standard InChI is InChI=1S/C14H17N3O2/c1-9(15)10-4-6-12(7-5-10)18-8-13-16-14(17-19-13)11-2-3-11/h4-7,9,11H,2-3,8,15H2,1H3/t9-/m0/s1. The molecule has 5 heteroatoms. The fourth-order valence-electron chi connectivity index (χ4n) is 1.85. The molecule has 1 aliphatic carbocycles. The molecule has 0 spiro atoms. The molecule has 5 nitrogen and oxygen atoms in total. The fourth-order valence-corrected chi connectivity index (χ4v) is 1.85. The summed E-state index contributed by atoms with van der Waals surface area (Å²) in [6, 6.07) is 7.76. The third kappa shape index (κ3) is 2.93. The molecule has 0 unspecified atom stereocenters. The zero-order valence-electron chi connectivity index (χ0n) is 10.9. The van der Waals surface area contributed by atoms with Crippen LogP contribution in [0.5, 0.6) is 5.75 Å². The van der Waals surface area contributed by atoms with Gasteiger partial charge in [-0.1, -0.05) is 17.3 Å². The Morgan fingerprint density at radius 1 is 1.37 bits per heavy atom. The van der Waals surface area contributed by atoms with E-state index in [1.165, 1.54) is 12.8 Å². The van der Waals surface area contributed by atoms with Gasteiger partial charge in [0.25, 0.3) is 5.89 Å². The van der Waals surface area contributed by atoms with Crippen molar-refractivity contribution >= 4 is 0 Å². The van der Waals surface area contributed by atoms with Gasteiger partial charge < -0.3 is 15.0 Å². The van der Waals surface area contributed by atoms with Crippen molar-refractivity contribution in [2.75, 3.05) is 0 Å². The molecule has 1 aromatic heterocycles. The lowest BCUT2D eigenvalue weighted by Crippen LogP contribution is -2.04. The smallest absolute Gasteiger partial charge is 0.264 e. The minimum absolute atomic E-state index is 0.0334. The second-order valence-corrected chi connectivity index (χ2v) is 4.97. The zero-order valence-corrected chi connectivity index (χ0v) is 10.9. The Morgan fingerprint density at radius 2 is 2.11 bits per heavy atom. The van der Waals surface area contributed by atoms with Gasteiger partial charge in [0.2, 0.25) is 0 Å². The van der Waals surface area contributed by atoms with Gasteiger partial charge in [-0.15, -0.1) is 0 Å². The van der Waals surface area contributed by atoms with Crippen molar-refractivity contribution in [3.8, 4) is 5.75 Å². The van der Waals surface area contributed by atoms with Gasteiger partial charge >= 0.3 is 0 Å². The lowest BCUT2D eigenvalue weighted by Gasteiger charge is -2.07. The average Bonchev–Trinajstić information content (AvgIpc) is 3.16. The summed E-state index contributed by atoms with van der Waals surface area (Å²) in [5, 5.41) is 3.95. The van der Waals surface area contributed by atoms with Crippen molar-refractivity contribution in [2.45, 2.75) is 38.3 Å². The molecule has 3 rings (SSSR count). The minimum Gasteiger partial charge on any atom is -0.484 e. The van der Waals surface area contributed by atoms with E-state index in [1.807, 2.05) is 31.2 Å². The van der Waals surface area contributed by atoms with Crippen molar-refractivity contribution in [1.82, 2.24) is 10.1 Å². The van der Waals surface area contributed by atoms with Crippen molar-refractivity contribution in [1.29, 1.82) is 0 Å². The predicted molar refractivity (Wildman–Crippen MR) is 69.6 cm³/mol. The van der Waals surface area contributed by atoms with Gasteiger partial charge in [-0.25, -0.2) is 0 Å². The zero-order chi connectivity index (χ0) is 13.2. The molecule has 1 saturated carbocycles. The molecule has 0 aliphatic heterocycles. The lowest BCUT2D eigenvalue weighted by atomic mass is 10.1. The first-order valence-corrected chi connectivity index (χ1v) is 6.53. The monoisotopic (exact) mass is 259 g/mol. The minimum atomic E-state index is 0.0334. The van der Waals surface area contributed by atoms with Gasteiger partial charge in [-0.05, 0) is 37.5 Å². The van der Waals surface area contributed by atoms with Crippen LogP contribution in [0, 0.1) is 0 Å². The van der Waals surface area contributed by atoms with Crippen LogP contribution < -0.4 is 10.5 Å². The van der Waals surface area contributed by atoms with E-state index in [4.69, 9.17) is 15.0 Å². The largest absolute Gasteiger partial charge is 0.484 e. The van der Waals surface area contributed by atoms with Crippen LogP contribution in [0.3, 0.4) is 0 Å². The third-order valence-corrected chi connectivity index (χ3v) is 3.19. The summed E-state index contributed by atoms with van der Waals surface area (Å²) < 4.78 is 10.7. The van der Waals surface area contributed by atoms with Crippen LogP contribution in [-0.4, -0.2) is 10.1 Å². The molecule has 100 valence electrons. The number of aromatic nitrogens is 2. The SMILES string of the molecule is C[C@H](N)c1ccc(OCc2nc(C3CC3)no2)cc1. The topological polar surface area (TPSA) is 74.2 Å². The fraction of sp³-hybridized carbons (Fsp3) is 0.429. The summed E-state index contributed by atoms with van der Waals surface area (Å²) in [7, 11) is 0. The van der Waals surface area contributed by atoms with Gasteiger partial charge in [0.05, 0.1) is 0 Å². The summed E-state index contributed by atoms with van der Waals surface area (Å²) in [4.78, 5) is 4.31. The van der Waals surface area contributed by atoms with Crippen molar-refractivity contribution < 1.29 is 9.26 Å². The second-order valence-electron chi connectivity index (χ2n) is 4.97. The van der Waals surface area contributed by atoms with Crippen LogP contribution in [0.2, 0.25) is 0 Å². The number of ether oxygens (including phenoxy) is 1. The van der Waals surface area contributed by atoms with E-state index in [0.29, 0.717) is 18.4 Å². The lowest BCUT2D eigenvalue weighted by molar-refractivity contribution is 0.242. The van der Waals surface area contributed by atoms with E-state index in [1.54, 1.807) is 0 Å². The number of benzene rings is 1. The van der Waals surface area contributed by atoms with Gasteiger partial charge in [0.15, 0.2) is 12.4 Å². The van der Waals surface area contributed by atoms with Crippen LogP contribution >= 0.6 is 0 Å². The van der Waals surface area contributed by atoms with E-state index in [2.05, 4.69) is 10.1 Å². The molecule has 0 saturated heterocycles. The number of nitrogens with two attached hydrogens (primary N) is 1. The Kier molecular flexibility index (Phi) is 3.21. The Hall–Kier alpha value is -1.88. The Morgan fingerprint density at radius 3 is 2.74 bits per heavy atom. The normalized spacial score (nSPS) is 16.3. The second kappa shape index (κ2) is 5.01. The maximum Gasteiger partial charge on any atom is 0.264 e. The van der Waals surface area contributed by atoms with Gasteiger partial charge in [0.1, 0.15) is 5.75 Å². The van der Waals surface area contributed by atoms with Crippen LogP contribution in [0.1, 0.15) is 49.0 Å². The first-order chi connectivity index (χ1) is 9.22. The van der Waals surface area contributed by atoms with E-state index < -0.39 is 0 Å². The summed E-state index contributed by atoms with van der Waals surface area (Å²) in [5.74, 6) is 2.61. The Balaban J connectivity index is 1.58. The molecule has 19 heavy (non-hydrogen) atoms. The molecule has 1 heterocycles. The molecular formula is C14H17N3O2. The molecule has 0 amide bonds. The molecule has 1 fully saturated rings. The summed E-state index contributed by atoms with van der Waals surface area (Å²) in [6.07, 6.45) is 2.33. The maximum absolute atomic E-state index is 5.79. The van der Waals surface area contributed by atoms with Crippen LogP contribution in [0.15, 0.2) is 28.8 Å². The highest BCUT2D eigenvalue weighted by atomic mass is 16.5. The van der Waals surface area contributed by atoms with Gasteiger partial charge in [-0.2, -0.15) is 4.98 Å². The highest BCUT2D eigenvalue weighted by Gasteiger charge is 2.28. The van der Waals surface area contributed by atoms with Gasteiger partial charge in [-0.3, -0.25) is 0 Å². The third-order valence-electron chi connectivity index (χ3n) is 3.19. The van der Waals surface area contributed by atoms with E-state index in [9.17, 15) is 0 Å². The Labute approximate surface area is 111 Å². The van der Waals surface area contributed by atoms with Gasteiger partial charge in [0, 0.05) is 12.0 Å². The first kappa shape index (κ1) is 12.2.